The van der Waals surface area contributed by atoms with Crippen LogP contribution in [0.2, 0.25) is 0 Å². The summed E-state index contributed by atoms with van der Waals surface area (Å²) in [5.41, 5.74) is 0.919. The van der Waals surface area contributed by atoms with Gasteiger partial charge in [0, 0.05) is 6.54 Å². The van der Waals surface area contributed by atoms with Crippen LogP contribution in [0.1, 0.15) is 18.9 Å². The van der Waals surface area contributed by atoms with Gasteiger partial charge in [-0.05, 0) is 17.9 Å². The lowest BCUT2D eigenvalue weighted by atomic mass is 10.1. The van der Waals surface area contributed by atoms with Gasteiger partial charge in [0.05, 0.1) is 7.11 Å². The zero-order valence-corrected chi connectivity index (χ0v) is 11.7. The summed E-state index contributed by atoms with van der Waals surface area (Å²) < 4.78 is 10.0. The molecule has 1 amide bonds. The predicted octanol–water partition coefficient (Wildman–Crippen LogP) is 2.21. The van der Waals surface area contributed by atoms with Crippen molar-refractivity contribution in [3.8, 4) is 0 Å². The third-order valence-electron chi connectivity index (χ3n) is 3.42. The monoisotopic (exact) mass is 277 g/mol. The van der Waals surface area contributed by atoms with Gasteiger partial charge in [-0.2, -0.15) is 0 Å². The van der Waals surface area contributed by atoms with E-state index < -0.39 is 12.1 Å². The number of hydrogen-bond donors (Lipinski definition) is 0. The average molecular weight is 277 g/mol. The minimum Gasteiger partial charge on any atom is -0.467 e. The fourth-order valence-electron chi connectivity index (χ4n) is 2.41. The number of carbonyl (C=O) groups excluding carboxylic acids is 2. The fourth-order valence-corrected chi connectivity index (χ4v) is 2.41. The average Bonchev–Trinajstić information content (AvgIpc) is 2.87. The molecule has 2 rings (SSSR count). The molecular weight excluding hydrogens is 258 g/mol. The number of esters is 1. The lowest BCUT2D eigenvalue weighted by Crippen LogP contribution is -2.41. The zero-order valence-electron chi connectivity index (χ0n) is 11.7. The number of rotatable bonds is 3. The van der Waals surface area contributed by atoms with Crippen molar-refractivity contribution >= 4 is 12.1 Å². The van der Waals surface area contributed by atoms with Crippen molar-refractivity contribution in [2.24, 2.45) is 5.92 Å². The van der Waals surface area contributed by atoms with E-state index in [9.17, 15) is 9.59 Å². The second kappa shape index (κ2) is 6.41. The Bertz CT molecular complexity index is 474. The van der Waals surface area contributed by atoms with Gasteiger partial charge < -0.3 is 9.47 Å². The molecule has 0 saturated carbocycles. The SMILES string of the molecule is COC(=O)C1CC(C)CN1C(=O)OCc1ccccc1. The van der Waals surface area contributed by atoms with E-state index >= 15 is 0 Å². The standard InChI is InChI=1S/C15H19NO4/c1-11-8-13(14(17)19-2)16(9-11)15(18)20-10-12-6-4-3-5-7-12/h3-7,11,13H,8-10H2,1-2H3. The third kappa shape index (κ3) is 3.29. The highest BCUT2D eigenvalue weighted by Gasteiger charge is 2.39. The van der Waals surface area contributed by atoms with Crippen molar-refractivity contribution in [1.82, 2.24) is 4.90 Å². The smallest absolute Gasteiger partial charge is 0.410 e. The van der Waals surface area contributed by atoms with Gasteiger partial charge in [-0.1, -0.05) is 37.3 Å². The normalized spacial score (nSPS) is 21.6. The van der Waals surface area contributed by atoms with E-state index in [0.29, 0.717) is 13.0 Å². The van der Waals surface area contributed by atoms with Crippen LogP contribution in [0.25, 0.3) is 0 Å². The van der Waals surface area contributed by atoms with E-state index in [-0.39, 0.29) is 18.5 Å². The molecule has 1 fully saturated rings. The first kappa shape index (κ1) is 14.4. The van der Waals surface area contributed by atoms with E-state index in [0.717, 1.165) is 5.56 Å². The Balaban J connectivity index is 1.95. The molecule has 0 spiro atoms. The maximum absolute atomic E-state index is 12.1. The molecule has 1 aromatic carbocycles. The number of ether oxygens (including phenoxy) is 2. The van der Waals surface area contributed by atoms with Gasteiger partial charge in [0.1, 0.15) is 12.6 Å². The molecule has 20 heavy (non-hydrogen) atoms. The Kier molecular flexibility index (Phi) is 4.61. The van der Waals surface area contributed by atoms with Gasteiger partial charge in [0.25, 0.3) is 0 Å². The van der Waals surface area contributed by atoms with Gasteiger partial charge in [0.15, 0.2) is 0 Å². The molecule has 1 heterocycles. The largest absolute Gasteiger partial charge is 0.467 e. The number of nitrogens with zero attached hydrogens (tertiary/aromatic N) is 1. The number of benzene rings is 1. The molecule has 5 nitrogen and oxygen atoms in total. The van der Waals surface area contributed by atoms with Gasteiger partial charge in [-0.25, -0.2) is 9.59 Å². The summed E-state index contributed by atoms with van der Waals surface area (Å²) in [5.74, 6) is -0.116. The number of methoxy groups -OCH3 is 1. The number of amides is 1. The highest BCUT2D eigenvalue weighted by molar-refractivity contribution is 5.82. The minimum atomic E-state index is -0.529. The maximum atomic E-state index is 12.1. The van der Waals surface area contributed by atoms with Crippen LogP contribution >= 0.6 is 0 Å². The van der Waals surface area contributed by atoms with Crippen LogP contribution in [0.4, 0.5) is 4.79 Å². The number of carbonyl (C=O) groups is 2. The van der Waals surface area contributed by atoms with Crippen molar-refractivity contribution in [3.63, 3.8) is 0 Å². The summed E-state index contributed by atoms with van der Waals surface area (Å²) in [5, 5.41) is 0. The van der Waals surface area contributed by atoms with Crippen LogP contribution < -0.4 is 0 Å². The molecule has 0 aliphatic carbocycles. The first-order valence-electron chi connectivity index (χ1n) is 6.67. The van der Waals surface area contributed by atoms with Gasteiger partial charge in [0.2, 0.25) is 0 Å². The van der Waals surface area contributed by atoms with Gasteiger partial charge >= 0.3 is 12.1 Å². The Morgan fingerprint density at radius 2 is 2.00 bits per heavy atom. The van der Waals surface area contributed by atoms with E-state index in [2.05, 4.69) is 0 Å². The molecular formula is C15H19NO4. The molecule has 2 atom stereocenters. The van der Waals surface area contributed by atoms with E-state index in [4.69, 9.17) is 9.47 Å². The molecule has 0 aromatic heterocycles. The second-order valence-corrected chi connectivity index (χ2v) is 5.07. The molecule has 1 aliphatic heterocycles. The highest BCUT2D eigenvalue weighted by Crippen LogP contribution is 2.24. The van der Waals surface area contributed by atoms with Crippen LogP contribution in [0.3, 0.4) is 0 Å². The van der Waals surface area contributed by atoms with E-state index in [1.165, 1.54) is 12.0 Å². The van der Waals surface area contributed by atoms with Gasteiger partial charge in [-0.15, -0.1) is 0 Å². The summed E-state index contributed by atoms with van der Waals surface area (Å²) in [6.45, 7) is 2.73. The van der Waals surface area contributed by atoms with Crippen molar-refractivity contribution in [2.45, 2.75) is 26.0 Å². The van der Waals surface area contributed by atoms with Crippen LogP contribution in [-0.4, -0.2) is 36.7 Å². The molecule has 1 aromatic rings. The summed E-state index contributed by atoms with van der Waals surface area (Å²) in [4.78, 5) is 25.2. The molecule has 1 aliphatic rings. The van der Waals surface area contributed by atoms with Crippen LogP contribution in [0.5, 0.6) is 0 Å². The molecule has 0 bridgehead atoms. The first-order chi connectivity index (χ1) is 9.61. The Hall–Kier alpha value is -2.04. The molecule has 2 unspecified atom stereocenters. The highest BCUT2D eigenvalue weighted by atomic mass is 16.6. The van der Waals surface area contributed by atoms with E-state index in [1.54, 1.807) is 0 Å². The van der Waals surface area contributed by atoms with Gasteiger partial charge in [-0.3, -0.25) is 4.90 Å². The fraction of sp³-hybridized carbons (Fsp3) is 0.467. The summed E-state index contributed by atoms with van der Waals surface area (Å²) in [6, 6.07) is 8.92. The predicted molar refractivity (Wildman–Crippen MR) is 72.9 cm³/mol. The minimum absolute atomic E-state index is 0.207. The Morgan fingerprint density at radius 1 is 1.30 bits per heavy atom. The number of hydrogen-bond acceptors (Lipinski definition) is 4. The number of likely N-dealkylation sites (tertiary alicyclic amines) is 1. The topological polar surface area (TPSA) is 55.8 Å². The van der Waals surface area contributed by atoms with E-state index in [1.807, 2.05) is 37.3 Å². The van der Waals surface area contributed by atoms with Crippen LogP contribution in [0, 0.1) is 5.92 Å². The first-order valence-corrected chi connectivity index (χ1v) is 6.67. The Labute approximate surface area is 118 Å². The lowest BCUT2D eigenvalue weighted by Gasteiger charge is -2.21. The summed E-state index contributed by atoms with van der Waals surface area (Å²) in [7, 11) is 1.33. The van der Waals surface area contributed by atoms with Crippen molar-refractivity contribution in [2.75, 3.05) is 13.7 Å². The maximum Gasteiger partial charge on any atom is 0.410 e. The zero-order chi connectivity index (χ0) is 14.5. The quantitative estimate of drug-likeness (QED) is 0.795. The third-order valence-corrected chi connectivity index (χ3v) is 3.42. The van der Waals surface area contributed by atoms with Crippen molar-refractivity contribution in [1.29, 1.82) is 0 Å². The van der Waals surface area contributed by atoms with Crippen molar-refractivity contribution in [3.05, 3.63) is 35.9 Å². The lowest BCUT2D eigenvalue weighted by molar-refractivity contribution is -0.145. The van der Waals surface area contributed by atoms with Crippen molar-refractivity contribution < 1.29 is 19.1 Å². The second-order valence-electron chi connectivity index (χ2n) is 5.07. The summed E-state index contributed by atoms with van der Waals surface area (Å²) in [6.07, 6.45) is 0.154. The molecule has 0 N–H and O–H groups in total. The molecule has 1 saturated heterocycles. The molecule has 108 valence electrons. The molecule has 5 heteroatoms. The Morgan fingerprint density at radius 3 is 2.65 bits per heavy atom. The van der Waals surface area contributed by atoms with Crippen LogP contribution in [-0.2, 0) is 20.9 Å². The summed E-state index contributed by atoms with van der Waals surface area (Å²) >= 11 is 0. The molecule has 0 radical (unpaired) electrons. The van der Waals surface area contributed by atoms with Crippen LogP contribution in [0.15, 0.2) is 30.3 Å².